The molecule has 1 rings (SSSR count). The average molecular weight is 187 g/mol. The number of likely N-dealkylation sites (tertiary alicyclic amines) is 1. The van der Waals surface area contributed by atoms with Crippen molar-refractivity contribution in [2.45, 2.75) is 26.2 Å². The van der Waals surface area contributed by atoms with Gasteiger partial charge in [0.05, 0.1) is 0 Å². The van der Waals surface area contributed by atoms with Crippen molar-refractivity contribution in [3.63, 3.8) is 0 Å². The maximum Gasteiger partial charge on any atom is 0.222 e. The van der Waals surface area contributed by atoms with Crippen molar-refractivity contribution >= 4 is 18.5 Å². The zero-order chi connectivity index (χ0) is 8.97. The molecule has 0 aromatic rings. The fourth-order valence-electron chi connectivity index (χ4n) is 1.79. The van der Waals surface area contributed by atoms with E-state index in [1.807, 2.05) is 4.90 Å². The summed E-state index contributed by atoms with van der Waals surface area (Å²) in [5.74, 6) is 1.72. The van der Waals surface area contributed by atoms with Gasteiger partial charge in [-0.25, -0.2) is 0 Å². The molecule has 1 atom stereocenters. The summed E-state index contributed by atoms with van der Waals surface area (Å²) in [4.78, 5) is 13.3. The summed E-state index contributed by atoms with van der Waals surface area (Å²) in [6, 6.07) is 0. The van der Waals surface area contributed by atoms with Crippen molar-refractivity contribution in [2.75, 3.05) is 18.8 Å². The first kappa shape index (κ1) is 9.90. The highest BCUT2D eigenvalue weighted by Gasteiger charge is 2.27. The molecule has 0 N–H and O–H groups in total. The Bertz CT molecular complexity index is 161. The molecule has 1 saturated heterocycles. The van der Waals surface area contributed by atoms with Crippen LogP contribution in [-0.2, 0) is 4.79 Å². The molecular formula is C9H17NOS. The van der Waals surface area contributed by atoms with E-state index in [4.69, 9.17) is 0 Å². The lowest BCUT2D eigenvalue weighted by Gasteiger charge is -2.14. The normalized spacial score (nSPS) is 23.7. The second kappa shape index (κ2) is 4.75. The Hall–Kier alpha value is -0.180. The van der Waals surface area contributed by atoms with Gasteiger partial charge >= 0.3 is 0 Å². The van der Waals surface area contributed by atoms with Crippen LogP contribution < -0.4 is 0 Å². The third kappa shape index (κ3) is 2.41. The molecule has 0 spiro atoms. The van der Waals surface area contributed by atoms with Gasteiger partial charge in [-0.1, -0.05) is 13.3 Å². The van der Waals surface area contributed by atoms with Gasteiger partial charge in [-0.3, -0.25) is 4.79 Å². The molecule has 0 radical (unpaired) electrons. The van der Waals surface area contributed by atoms with Crippen LogP contribution in [0, 0.1) is 5.92 Å². The summed E-state index contributed by atoms with van der Waals surface area (Å²) in [5, 5.41) is 0. The van der Waals surface area contributed by atoms with Crippen LogP contribution in [0.2, 0.25) is 0 Å². The Morgan fingerprint density at radius 3 is 3.00 bits per heavy atom. The molecule has 0 saturated carbocycles. The number of amides is 1. The minimum atomic E-state index is 0.322. The van der Waals surface area contributed by atoms with E-state index >= 15 is 0 Å². The fraction of sp³-hybridized carbons (Fsp3) is 0.889. The predicted molar refractivity (Wildman–Crippen MR) is 53.4 cm³/mol. The molecule has 1 aliphatic heterocycles. The highest BCUT2D eigenvalue weighted by molar-refractivity contribution is 7.80. The van der Waals surface area contributed by atoms with Gasteiger partial charge in [-0.15, -0.1) is 0 Å². The number of carbonyl (C=O) groups excluding carboxylic acids is 1. The Morgan fingerprint density at radius 2 is 2.42 bits per heavy atom. The van der Waals surface area contributed by atoms with E-state index in [0.29, 0.717) is 11.8 Å². The largest absolute Gasteiger partial charge is 0.342 e. The van der Waals surface area contributed by atoms with Crippen molar-refractivity contribution in [1.29, 1.82) is 0 Å². The third-order valence-electron chi connectivity index (χ3n) is 2.36. The van der Waals surface area contributed by atoms with Crippen molar-refractivity contribution < 1.29 is 4.79 Å². The lowest BCUT2D eigenvalue weighted by atomic mass is 10.0. The molecule has 1 heterocycles. The summed E-state index contributed by atoms with van der Waals surface area (Å²) >= 11 is 4.12. The van der Waals surface area contributed by atoms with Gasteiger partial charge < -0.3 is 4.90 Å². The molecule has 1 unspecified atom stereocenters. The monoisotopic (exact) mass is 187 g/mol. The Morgan fingerprint density at radius 1 is 1.67 bits per heavy atom. The molecule has 12 heavy (non-hydrogen) atoms. The first-order valence-corrected chi connectivity index (χ1v) is 5.29. The second-order valence-corrected chi connectivity index (χ2v) is 3.87. The van der Waals surface area contributed by atoms with Crippen LogP contribution in [0.25, 0.3) is 0 Å². The van der Waals surface area contributed by atoms with E-state index in [2.05, 4.69) is 19.6 Å². The highest BCUT2D eigenvalue weighted by atomic mass is 32.1. The van der Waals surface area contributed by atoms with Crippen LogP contribution in [-0.4, -0.2) is 29.6 Å². The topological polar surface area (TPSA) is 20.3 Å². The van der Waals surface area contributed by atoms with Crippen molar-refractivity contribution in [3.05, 3.63) is 0 Å². The van der Waals surface area contributed by atoms with Gasteiger partial charge in [0.25, 0.3) is 0 Å². The summed E-state index contributed by atoms with van der Waals surface area (Å²) in [5.41, 5.74) is 0. The maximum absolute atomic E-state index is 11.3. The van der Waals surface area contributed by atoms with Gasteiger partial charge in [0.1, 0.15) is 0 Å². The summed E-state index contributed by atoms with van der Waals surface area (Å²) in [6.07, 6.45) is 3.14. The van der Waals surface area contributed by atoms with Gasteiger partial charge in [-0.05, 0) is 12.3 Å². The molecule has 1 aliphatic rings. The minimum absolute atomic E-state index is 0.322. The second-order valence-electron chi connectivity index (χ2n) is 3.42. The highest BCUT2D eigenvalue weighted by Crippen LogP contribution is 2.21. The Labute approximate surface area is 79.7 Å². The van der Waals surface area contributed by atoms with Crippen LogP contribution in [0.15, 0.2) is 0 Å². The number of nitrogens with zero attached hydrogens (tertiary/aromatic N) is 1. The third-order valence-corrected chi connectivity index (χ3v) is 2.56. The molecular weight excluding hydrogens is 170 g/mol. The Kier molecular flexibility index (Phi) is 3.92. The van der Waals surface area contributed by atoms with Crippen molar-refractivity contribution in [3.8, 4) is 0 Å². The summed E-state index contributed by atoms with van der Waals surface area (Å²) < 4.78 is 0. The lowest BCUT2D eigenvalue weighted by Crippen LogP contribution is -2.27. The number of hydrogen-bond acceptors (Lipinski definition) is 2. The van der Waals surface area contributed by atoms with E-state index in [9.17, 15) is 4.79 Å². The SMILES string of the molecule is CCCC1CC(=O)N(CCS)C1. The molecule has 0 aliphatic carbocycles. The van der Waals surface area contributed by atoms with Gasteiger partial charge in [0.15, 0.2) is 0 Å². The van der Waals surface area contributed by atoms with E-state index in [1.54, 1.807) is 0 Å². The van der Waals surface area contributed by atoms with E-state index in [-0.39, 0.29) is 0 Å². The molecule has 1 amide bonds. The number of carbonyl (C=O) groups is 1. The van der Waals surface area contributed by atoms with Gasteiger partial charge in [0, 0.05) is 25.3 Å². The molecule has 3 heteroatoms. The first-order chi connectivity index (χ1) is 5.77. The quantitative estimate of drug-likeness (QED) is 0.662. The molecule has 0 bridgehead atoms. The first-order valence-electron chi connectivity index (χ1n) is 4.66. The summed E-state index contributed by atoms with van der Waals surface area (Å²) in [6.45, 7) is 3.96. The molecule has 0 aromatic carbocycles. The van der Waals surface area contributed by atoms with Crippen LogP contribution >= 0.6 is 12.6 Å². The zero-order valence-electron chi connectivity index (χ0n) is 7.62. The number of rotatable bonds is 4. The predicted octanol–water partition coefficient (Wildman–Crippen LogP) is 1.56. The standard InChI is InChI=1S/C9H17NOS/c1-2-3-8-6-9(11)10(7-8)4-5-12/h8,12H,2-7H2,1H3. The van der Waals surface area contributed by atoms with Crippen LogP contribution in [0.4, 0.5) is 0 Å². The van der Waals surface area contributed by atoms with Crippen molar-refractivity contribution in [2.24, 2.45) is 5.92 Å². The molecule has 0 aromatic heterocycles. The number of thiol groups is 1. The van der Waals surface area contributed by atoms with Crippen molar-refractivity contribution in [1.82, 2.24) is 4.90 Å². The Balaban J connectivity index is 2.34. The average Bonchev–Trinajstić information content (AvgIpc) is 2.34. The van der Waals surface area contributed by atoms with E-state index in [1.165, 1.54) is 12.8 Å². The number of hydrogen-bond donors (Lipinski definition) is 1. The smallest absolute Gasteiger partial charge is 0.222 e. The molecule has 2 nitrogen and oxygen atoms in total. The zero-order valence-corrected chi connectivity index (χ0v) is 8.52. The van der Waals surface area contributed by atoms with Gasteiger partial charge in [-0.2, -0.15) is 12.6 Å². The molecule has 70 valence electrons. The van der Waals surface area contributed by atoms with Gasteiger partial charge in [0.2, 0.25) is 5.91 Å². The maximum atomic E-state index is 11.3. The van der Waals surface area contributed by atoms with E-state index < -0.39 is 0 Å². The fourth-order valence-corrected chi connectivity index (χ4v) is 2.03. The van der Waals surface area contributed by atoms with Crippen LogP contribution in [0.3, 0.4) is 0 Å². The van der Waals surface area contributed by atoms with Crippen LogP contribution in [0.1, 0.15) is 26.2 Å². The van der Waals surface area contributed by atoms with Crippen LogP contribution in [0.5, 0.6) is 0 Å². The van der Waals surface area contributed by atoms with E-state index in [0.717, 1.165) is 25.3 Å². The minimum Gasteiger partial charge on any atom is -0.342 e. The lowest BCUT2D eigenvalue weighted by molar-refractivity contribution is -0.127. The summed E-state index contributed by atoms with van der Waals surface area (Å²) in [7, 11) is 0. The molecule has 1 fully saturated rings.